The van der Waals surface area contributed by atoms with E-state index in [0.29, 0.717) is 32.0 Å². The van der Waals surface area contributed by atoms with Crippen LogP contribution in [0, 0.1) is 11.8 Å². The Balaban J connectivity index is 2.29. The van der Waals surface area contributed by atoms with E-state index in [1.165, 1.54) is 0 Å². The largest absolute Gasteiger partial charge is 0.466 e. The standard InChI is InChI=1S/C14H25NO4/c1-6-18-12(16)7-10(2)11-8-15(9-11)13(17)19-14(3,4)5/h10-11H,6-9H2,1-5H3. The number of ether oxygens (including phenoxy) is 2. The highest BCUT2D eigenvalue weighted by Crippen LogP contribution is 2.27. The predicted molar refractivity (Wildman–Crippen MR) is 71.7 cm³/mol. The highest BCUT2D eigenvalue weighted by Gasteiger charge is 2.37. The summed E-state index contributed by atoms with van der Waals surface area (Å²) < 4.78 is 10.2. The second-order valence-electron chi connectivity index (χ2n) is 6.13. The second-order valence-corrected chi connectivity index (χ2v) is 6.13. The molecule has 1 amide bonds. The van der Waals surface area contributed by atoms with E-state index >= 15 is 0 Å². The SMILES string of the molecule is CCOC(=O)CC(C)C1CN(C(=O)OC(C)(C)C)C1. The Morgan fingerprint density at radius 3 is 2.37 bits per heavy atom. The number of carbonyl (C=O) groups is 2. The minimum absolute atomic E-state index is 0.161. The van der Waals surface area contributed by atoms with Gasteiger partial charge in [0.1, 0.15) is 5.60 Å². The zero-order valence-electron chi connectivity index (χ0n) is 12.6. The first kappa shape index (κ1) is 15.8. The zero-order valence-corrected chi connectivity index (χ0v) is 12.6. The van der Waals surface area contributed by atoms with Gasteiger partial charge in [0.2, 0.25) is 0 Å². The van der Waals surface area contributed by atoms with Gasteiger partial charge in [0.15, 0.2) is 0 Å². The van der Waals surface area contributed by atoms with Crippen LogP contribution >= 0.6 is 0 Å². The summed E-state index contributed by atoms with van der Waals surface area (Å²) in [6, 6.07) is 0. The van der Waals surface area contributed by atoms with Gasteiger partial charge in [0.25, 0.3) is 0 Å². The van der Waals surface area contributed by atoms with Gasteiger partial charge in [-0.2, -0.15) is 0 Å². The van der Waals surface area contributed by atoms with Gasteiger partial charge < -0.3 is 14.4 Å². The molecular weight excluding hydrogens is 246 g/mol. The lowest BCUT2D eigenvalue weighted by Gasteiger charge is -2.42. The summed E-state index contributed by atoms with van der Waals surface area (Å²) in [6.07, 6.45) is 0.146. The Morgan fingerprint density at radius 1 is 1.32 bits per heavy atom. The lowest BCUT2D eigenvalue weighted by atomic mass is 9.85. The van der Waals surface area contributed by atoms with E-state index < -0.39 is 5.60 Å². The van der Waals surface area contributed by atoms with Crippen LogP contribution in [0.3, 0.4) is 0 Å². The monoisotopic (exact) mass is 271 g/mol. The number of esters is 1. The molecule has 1 unspecified atom stereocenters. The van der Waals surface area contributed by atoms with Crippen molar-refractivity contribution in [1.82, 2.24) is 4.90 Å². The maximum atomic E-state index is 11.7. The number of hydrogen-bond donors (Lipinski definition) is 0. The molecule has 1 saturated heterocycles. The third-order valence-electron chi connectivity index (χ3n) is 3.16. The molecule has 1 rings (SSSR count). The summed E-state index contributed by atoms with van der Waals surface area (Å²) in [5, 5.41) is 0. The Hall–Kier alpha value is -1.26. The molecule has 0 aromatic carbocycles. The molecule has 1 aliphatic heterocycles. The summed E-state index contributed by atoms with van der Waals surface area (Å²) in [7, 11) is 0. The molecule has 1 fully saturated rings. The third-order valence-corrected chi connectivity index (χ3v) is 3.16. The van der Waals surface area contributed by atoms with Crippen molar-refractivity contribution in [2.75, 3.05) is 19.7 Å². The summed E-state index contributed by atoms with van der Waals surface area (Å²) in [5.41, 5.74) is -0.460. The van der Waals surface area contributed by atoms with Crippen LogP contribution in [0.4, 0.5) is 4.79 Å². The second kappa shape index (κ2) is 6.26. The highest BCUT2D eigenvalue weighted by molar-refractivity contribution is 5.70. The fraction of sp³-hybridized carbons (Fsp3) is 0.857. The number of rotatable bonds is 4. The van der Waals surface area contributed by atoms with Crippen molar-refractivity contribution in [3.05, 3.63) is 0 Å². The molecule has 1 atom stereocenters. The average Bonchev–Trinajstić information content (AvgIpc) is 2.11. The predicted octanol–water partition coefficient (Wildman–Crippen LogP) is 2.44. The summed E-state index contributed by atoms with van der Waals surface area (Å²) in [5.74, 6) is 0.431. The van der Waals surface area contributed by atoms with Crippen LogP contribution < -0.4 is 0 Å². The lowest BCUT2D eigenvalue weighted by Crippen LogP contribution is -2.53. The molecule has 0 aromatic rings. The normalized spacial score (nSPS) is 17.6. The maximum absolute atomic E-state index is 11.7. The van der Waals surface area contributed by atoms with Crippen LogP contribution in [0.2, 0.25) is 0 Å². The summed E-state index contributed by atoms with van der Waals surface area (Å²) in [6.45, 7) is 11.1. The maximum Gasteiger partial charge on any atom is 0.410 e. The van der Waals surface area contributed by atoms with Gasteiger partial charge in [-0.1, -0.05) is 6.92 Å². The molecule has 5 nitrogen and oxygen atoms in total. The first-order valence-electron chi connectivity index (χ1n) is 6.86. The number of likely N-dealkylation sites (tertiary alicyclic amines) is 1. The van der Waals surface area contributed by atoms with Crippen molar-refractivity contribution in [2.45, 2.75) is 46.6 Å². The smallest absolute Gasteiger partial charge is 0.410 e. The topological polar surface area (TPSA) is 55.8 Å². The molecule has 1 aliphatic rings. The molecule has 1 heterocycles. The molecule has 0 aliphatic carbocycles. The molecule has 110 valence electrons. The molecule has 0 radical (unpaired) electrons. The number of hydrogen-bond acceptors (Lipinski definition) is 4. The van der Waals surface area contributed by atoms with Crippen molar-refractivity contribution in [2.24, 2.45) is 11.8 Å². The van der Waals surface area contributed by atoms with Crippen molar-refractivity contribution in [3.63, 3.8) is 0 Å². The summed E-state index contributed by atoms with van der Waals surface area (Å²) >= 11 is 0. The highest BCUT2D eigenvalue weighted by atomic mass is 16.6. The van der Waals surface area contributed by atoms with Gasteiger partial charge >= 0.3 is 12.1 Å². The number of carbonyl (C=O) groups excluding carboxylic acids is 2. The average molecular weight is 271 g/mol. The number of amides is 1. The molecule has 5 heteroatoms. The molecular formula is C14H25NO4. The van der Waals surface area contributed by atoms with Crippen LogP contribution in [-0.2, 0) is 14.3 Å². The molecule has 0 bridgehead atoms. The van der Waals surface area contributed by atoms with Crippen molar-refractivity contribution in [1.29, 1.82) is 0 Å². The van der Waals surface area contributed by atoms with Crippen molar-refractivity contribution < 1.29 is 19.1 Å². The van der Waals surface area contributed by atoms with Crippen LogP contribution in [0.15, 0.2) is 0 Å². The van der Waals surface area contributed by atoms with Crippen molar-refractivity contribution in [3.8, 4) is 0 Å². The molecule has 19 heavy (non-hydrogen) atoms. The molecule has 0 N–H and O–H groups in total. The van der Waals surface area contributed by atoms with Crippen LogP contribution in [0.25, 0.3) is 0 Å². The minimum atomic E-state index is -0.460. The molecule has 0 saturated carbocycles. The van der Waals surface area contributed by atoms with E-state index in [1.807, 2.05) is 27.7 Å². The molecule has 0 spiro atoms. The third kappa shape index (κ3) is 5.09. The Morgan fingerprint density at radius 2 is 1.89 bits per heavy atom. The van der Waals surface area contributed by atoms with Gasteiger partial charge in [0, 0.05) is 19.5 Å². The van der Waals surface area contributed by atoms with Gasteiger partial charge in [-0.05, 0) is 39.5 Å². The summed E-state index contributed by atoms with van der Waals surface area (Å²) in [4.78, 5) is 24.8. The number of nitrogens with zero attached hydrogens (tertiary/aromatic N) is 1. The van der Waals surface area contributed by atoms with Gasteiger partial charge in [-0.15, -0.1) is 0 Å². The molecule has 0 aromatic heterocycles. The van der Waals surface area contributed by atoms with Gasteiger partial charge in [0.05, 0.1) is 6.61 Å². The van der Waals surface area contributed by atoms with E-state index in [9.17, 15) is 9.59 Å². The zero-order chi connectivity index (χ0) is 14.6. The van der Waals surface area contributed by atoms with E-state index in [2.05, 4.69) is 0 Å². The van der Waals surface area contributed by atoms with Crippen LogP contribution in [0.1, 0.15) is 41.0 Å². The fourth-order valence-electron chi connectivity index (χ4n) is 2.00. The minimum Gasteiger partial charge on any atom is -0.466 e. The van der Waals surface area contributed by atoms with E-state index in [0.717, 1.165) is 0 Å². The first-order chi connectivity index (χ1) is 8.73. The van der Waals surface area contributed by atoms with E-state index in [4.69, 9.17) is 9.47 Å². The van der Waals surface area contributed by atoms with Crippen LogP contribution in [-0.4, -0.2) is 42.3 Å². The Bertz CT molecular complexity index is 329. The van der Waals surface area contributed by atoms with Crippen molar-refractivity contribution >= 4 is 12.1 Å². The Kier molecular flexibility index (Phi) is 5.20. The first-order valence-corrected chi connectivity index (χ1v) is 6.86. The van der Waals surface area contributed by atoms with Gasteiger partial charge in [-0.3, -0.25) is 4.79 Å². The lowest BCUT2D eigenvalue weighted by molar-refractivity contribution is -0.145. The van der Waals surface area contributed by atoms with E-state index in [1.54, 1.807) is 11.8 Å². The Labute approximate surface area is 115 Å². The van der Waals surface area contributed by atoms with Gasteiger partial charge in [-0.25, -0.2) is 4.79 Å². The quantitative estimate of drug-likeness (QED) is 0.737. The fourth-order valence-corrected chi connectivity index (χ4v) is 2.00. The van der Waals surface area contributed by atoms with Crippen LogP contribution in [0.5, 0.6) is 0 Å². The van der Waals surface area contributed by atoms with E-state index in [-0.39, 0.29) is 18.0 Å².